The molecular weight excluding hydrogens is 1090 g/mol. The van der Waals surface area contributed by atoms with Gasteiger partial charge in [-0.1, -0.05) is 190 Å². The Labute approximate surface area is 451 Å². The van der Waals surface area contributed by atoms with Crippen molar-refractivity contribution in [3.05, 3.63) is 229 Å². The molecule has 0 N–H and O–H groups in total. The van der Waals surface area contributed by atoms with Crippen molar-refractivity contribution in [1.82, 2.24) is 24.2 Å². The maximum atomic E-state index is 6.88. The van der Waals surface area contributed by atoms with E-state index in [2.05, 4.69) is 236 Å². The Morgan fingerprint density at radius 3 is 1.55 bits per heavy atom. The number of fused-ring (bicyclic) bond motifs is 3. The van der Waals surface area contributed by atoms with Crippen LogP contribution in [0.3, 0.4) is 0 Å². The van der Waals surface area contributed by atoms with Gasteiger partial charge in [-0.15, -0.1) is 41.0 Å². The molecule has 8 aromatic carbocycles. The second-order valence-corrected chi connectivity index (χ2v) is 22.3. The van der Waals surface area contributed by atoms with Crippen LogP contribution in [0.15, 0.2) is 201 Å². The summed E-state index contributed by atoms with van der Waals surface area (Å²) in [4.78, 5) is 5.49. The maximum Gasteiger partial charge on any atom is 2.00 e. The normalized spacial score (nSPS) is 12.9. The van der Waals surface area contributed by atoms with E-state index in [0.717, 1.165) is 67.5 Å². The first-order valence-corrected chi connectivity index (χ1v) is 25.2. The van der Waals surface area contributed by atoms with Gasteiger partial charge in [0.15, 0.2) is 11.4 Å². The summed E-state index contributed by atoms with van der Waals surface area (Å²) in [6, 6.07) is 74.1. The number of ether oxygens (including phenoxy) is 1. The molecule has 0 aliphatic carbocycles. The quantitative estimate of drug-likeness (QED) is 0.107. The first-order valence-electron chi connectivity index (χ1n) is 25.2. The van der Waals surface area contributed by atoms with Crippen LogP contribution in [0.4, 0.5) is 22.9 Å². The van der Waals surface area contributed by atoms with Crippen LogP contribution in [0.25, 0.3) is 61.6 Å². The molecule has 368 valence electrons. The van der Waals surface area contributed by atoms with E-state index in [4.69, 9.17) is 14.8 Å². The maximum absolute atomic E-state index is 6.88. The largest absolute Gasteiger partial charge is 2.00 e. The first kappa shape index (κ1) is 50.0. The average Bonchev–Trinajstić information content (AvgIpc) is 4.00. The molecule has 0 spiro atoms. The molecule has 0 saturated carbocycles. The third-order valence-corrected chi connectivity index (χ3v) is 14.2. The van der Waals surface area contributed by atoms with Gasteiger partial charge in [0.1, 0.15) is 6.33 Å². The van der Waals surface area contributed by atoms with Crippen LogP contribution in [-0.2, 0) is 37.3 Å². The van der Waals surface area contributed by atoms with Gasteiger partial charge >= 0.3 is 21.1 Å². The Hall–Kier alpha value is -7.50. The summed E-state index contributed by atoms with van der Waals surface area (Å²) in [5, 5.41) is 9.23. The van der Waals surface area contributed by atoms with Gasteiger partial charge in [-0.05, 0) is 67.8 Å². The Morgan fingerprint density at radius 1 is 0.459 bits per heavy atom. The zero-order valence-corrected chi connectivity index (χ0v) is 45.8. The molecule has 0 amide bonds. The average molecular weight is 1150 g/mol. The van der Waals surface area contributed by atoms with Crippen molar-refractivity contribution >= 4 is 22.9 Å². The van der Waals surface area contributed by atoms with E-state index in [0.29, 0.717) is 17.3 Å². The monoisotopic (exact) mass is 1150 g/mol. The summed E-state index contributed by atoms with van der Waals surface area (Å²) in [6.45, 7) is 20.4. The second-order valence-electron chi connectivity index (χ2n) is 22.3. The van der Waals surface area contributed by atoms with Gasteiger partial charge in [-0.25, -0.2) is 4.98 Å². The summed E-state index contributed by atoms with van der Waals surface area (Å²) < 4.78 is 9.17. The number of aromatic nitrogens is 4. The summed E-state index contributed by atoms with van der Waals surface area (Å²) in [7, 11) is 0. The van der Waals surface area contributed by atoms with Crippen molar-refractivity contribution in [2.75, 3.05) is 0 Å². The molecule has 0 radical (unpaired) electrons. The molecule has 1 aliphatic heterocycles. The summed E-state index contributed by atoms with van der Waals surface area (Å²) in [5.41, 5.74) is 17.2. The second kappa shape index (κ2) is 19.4. The van der Waals surface area contributed by atoms with E-state index in [1.165, 1.54) is 27.8 Å². The predicted molar refractivity (Wildman–Crippen MR) is 300 cm³/mol. The molecule has 0 atom stereocenters. The standard InChI is InChI=1S/C67H60N5O.Pt/c1-65(2,3)50-26-16-24-47(38-50)49-32-37-62(68-43-49)72(60-40-51(66(4,5)6)33-35-58(60)59-36-34-52(41-61(59)72)67(7,8)9)53-27-18-29-55(42-53)73-54-28-17-25-48(39-54)64-70-69-44-71(64)63-56(45-20-12-10-13-21-45)30-19-31-57(63)46-22-14-11-15-23-46;/h10-38,40-41,43-44H,1-9H3;/q-1;+2. The number of hydrogen-bond donors (Lipinski definition) is 0. The number of pyridine rings is 1. The molecular formula is C67H60N5OPt+. The van der Waals surface area contributed by atoms with Crippen LogP contribution in [0, 0.1) is 12.1 Å². The molecule has 6 nitrogen and oxygen atoms in total. The van der Waals surface area contributed by atoms with E-state index in [9.17, 15) is 0 Å². The molecule has 11 rings (SSSR count). The molecule has 2 aromatic heterocycles. The number of benzene rings is 8. The minimum atomic E-state index is -0.113. The Kier molecular flexibility index (Phi) is 13.1. The van der Waals surface area contributed by atoms with Gasteiger partial charge in [0.25, 0.3) is 0 Å². The minimum Gasteiger partial charge on any atom is -0.503 e. The number of hydrogen-bond acceptors (Lipinski definition) is 4. The van der Waals surface area contributed by atoms with Gasteiger partial charge in [-0.2, -0.15) is 15.6 Å². The van der Waals surface area contributed by atoms with Crippen molar-refractivity contribution in [2.24, 2.45) is 0 Å². The zero-order chi connectivity index (χ0) is 50.7. The van der Waals surface area contributed by atoms with Gasteiger partial charge in [0, 0.05) is 58.3 Å². The van der Waals surface area contributed by atoms with Crippen LogP contribution in [0.5, 0.6) is 11.5 Å². The zero-order valence-electron chi connectivity index (χ0n) is 43.5. The summed E-state index contributed by atoms with van der Waals surface area (Å²) >= 11 is 0. The summed E-state index contributed by atoms with van der Waals surface area (Å²) in [6.07, 6.45) is 3.83. The fourth-order valence-corrected chi connectivity index (χ4v) is 10.2. The molecule has 7 heteroatoms. The molecule has 0 saturated heterocycles. The first-order chi connectivity index (χ1) is 35.1. The molecule has 0 fully saturated rings. The Balaban J connectivity index is 0.00000626. The van der Waals surface area contributed by atoms with E-state index in [1.807, 2.05) is 42.6 Å². The molecule has 74 heavy (non-hydrogen) atoms. The molecule has 10 aromatic rings. The van der Waals surface area contributed by atoms with E-state index in [-0.39, 0.29) is 41.8 Å². The van der Waals surface area contributed by atoms with E-state index >= 15 is 0 Å². The number of para-hydroxylation sites is 1. The van der Waals surface area contributed by atoms with E-state index < -0.39 is 0 Å². The van der Waals surface area contributed by atoms with Crippen molar-refractivity contribution in [3.8, 4) is 73.1 Å². The van der Waals surface area contributed by atoms with Crippen molar-refractivity contribution in [2.45, 2.75) is 78.6 Å². The van der Waals surface area contributed by atoms with E-state index in [1.54, 1.807) is 6.33 Å². The molecule has 0 bridgehead atoms. The van der Waals surface area contributed by atoms with Gasteiger partial charge < -0.3 is 9.30 Å². The predicted octanol–water partition coefficient (Wildman–Crippen LogP) is 17.9. The van der Waals surface area contributed by atoms with Crippen LogP contribution < -0.4 is 9.22 Å². The topological polar surface area (TPSA) is 52.8 Å². The number of rotatable bonds is 9. The van der Waals surface area contributed by atoms with Crippen molar-refractivity contribution in [3.63, 3.8) is 0 Å². The Morgan fingerprint density at radius 2 is 0.986 bits per heavy atom. The molecule has 3 heterocycles. The fraction of sp³-hybridized carbons (Fsp3) is 0.179. The Bertz CT molecular complexity index is 3530. The van der Waals surface area contributed by atoms with Gasteiger partial charge in [0.05, 0.1) is 22.6 Å². The number of nitrogens with zero attached hydrogens (tertiary/aromatic N) is 5. The smallest absolute Gasteiger partial charge is 0.503 e. The van der Waals surface area contributed by atoms with Crippen molar-refractivity contribution in [1.29, 1.82) is 0 Å². The van der Waals surface area contributed by atoms with Gasteiger partial charge in [0.2, 0.25) is 5.82 Å². The minimum absolute atomic E-state index is 0. The van der Waals surface area contributed by atoms with Crippen LogP contribution in [-0.4, -0.2) is 19.7 Å². The number of quaternary nitrogens is 1. The van der Waals surface area contributed by atoms with Crippen LogP contribution >= 0.6 is 0 Å². The van der Waals surface area contributed by atoms with Crippen molar-refractivity contribution < 1.29 is 25.8 Å². The van der Waals surface area contributed by atoms with Crippen LogP contribution in [0.2, 0.25) is 0 Å². The SMILES string of the molecule is CC(C)(C)c1cccc(-c2ccc([N+]3(c4[c-]c(Oc5[c-]c(-c6nncn6-c6c(-c7ccccc7)cccc6-c6ccccc6)ccc5)ccc4)c4cc(C(C)(C)C)ccc4-c4ccc(C(C)(C)C)cc43)nc2)c1.[Pt+2]. The third-order valence-electron chi connectivity index (χ3n) is 14.2. The third kappa shape index (κ3) is 9.16. The van der Waals surface area contributed by atoms with Gasteiger partial charge in [-0.3, -0.25) is 0 Å². The molecule has 1 aliphatic rings. The van der Waals surface area contributed by atoms with Crippen LogP contribution in [0.1, 0.15) is 79.0 Å². The fourth-order valence-electron chi connectivity index (χ4n) is 10.2. The summed E-state index contributed by atoms with van der Waals surface area (Å²) in [5.74, 6) is 2.58. The molecule has 0 unspecified atom stereocenters.